The van der Waals surface area contributed by atoms with E-state index in [0.717, 1.165) is 81.9 Å². The number of nitrogens with zero attached hydrogens (tertiary/aromatic N) is 8. The van der Waals surface area contributed by atoms with Crippen LogP contribution in [0.2, 0.25) is 0 Å². The molecule has 4 aromatic rings. The van der Waals surface area contributed by atoms with Crippen LogP contribution in [0.25, 0.3) is 32.9 Å². The van der Waals surface area contributed by atoms with Gasteiger partial charge in [0, 0.05) is 97.5 Å². The number of amides is 1. The molecule has 7 rings (SSSR count). The van der Waals surface area contributed by atoms with Crippen molar-refractivity contribution < 1.29 is 4.79 Å². The number of rotatable bonds is 5. The third-order valence-electron chi connectivity index (χ3n) is 9.94. The van der Waals surface area contributed by atoms with Crippen molar-refractivity contribution in [3.05, 3.63) is 59.2 Å². The van der Waals surface area contributed by atoms with Gasteiger partial charge in [-0.2, -0.15) is 10.1 Å². The van der Waals surface area contributed by atoms with Gasteiger partial charge in [0.2, 0.25) is 5.91 Å². The van der Waals surface area contributed by atoms with Gasteiger partial charge in [-0.15, -0.1) is 11.8 Å². The number of thioether (sulfide) groups is 1. The Bertz CT molecular complexity index is 1870. The fraction of sp³-hybridized carbons (Fsp3) is 0.471. The molecule has 0 N–H and O–H groups in total. The summed E-state index contributed by atoms with van der Waals surface area (Å²) in [4.78, 5) is 41.8. The maximum absolute atomic E-state index is 14.3. The van der Waals surface area contributed by atoms with Gasteiger partial charge in [-0.3, -0.25) is 18.9 Å². The lowest BCUT2D eigenvalue weighted by Gasteiger charge is -2.45. The zero-order chi connectivity index (χ0) is 31.6. The predicted molar refractivity (Wildman–Crippen MR) is 182 cm³/mol. The lowest BCUT2D eigenvalue weighted by atomic mass is 9.95. The van der Waals surface area contributed by atoms with Crippen molar-refractivity contribution in [2.45, 2.75) is 43.8 Å². The molecule has 1 amide bonds. The van der Waals surface area contributed by atoms with E-state index in [1.165, 1.54) is 6.08 Å². The van der Waals surface area contributed by atoms with Crippen LogP contribution in [0.1, 0.15) is 25.5 Å². The van der Waals surface area contributed by atoms with Crippen LogP contribution in [0.15, 0.2) is 52.8 Å². The van der Waals surface area contributed by atoms with Crippen molar-refractivity contribution >= 4 is 45.3 Å². The standard InChI is InChI=1S/C34H42N8O2S/c1-7-28(43)40-17-23(4)41(18-22(40)3)33-27-15-21(2)29(26-10-8-9-24-16-35-38(6)30(24)26)32-31(27)42(34(44)36-33)25(20-45-32)19-39-13-11-37(5)12-14-39/h7-10,15-16,22-23,25H,1,11-14,17-20H2,2-6H3/t22-,23+,25?/m1/s1. The third-order valence-corrected chi connectivity index (χ3v) is 11.2. The fourth-order valence-corrected chi connectivity index (χ4v) is 8.89. The second-order valence-corrected chi connectivity index (χ2v) is 14.0. The number of aryl methyl sites for hydroxylation is 2. The molecule has 45 heavy (non-hydrogen) atoms. The van der Waals surface area contributed by atoms with Gasteiger partial charge in [0.05, 0.1) is 23.3 Å². The minimum absolute atomic E-state index is 0.0144. The highest BCUT2D eigenvalue weighted by atomic mass is 32.2. The van der Waals surface area contributed by atoms with Crippen LogP contribution >= 0.6 is 11.8 Å². The molecule has 0 bridgehead atoms. The minimum Gasteiger partial charge on any atom is -0.349 e. The Labute approximate surface area is 268 Å². The summed E-state index contributed by atoms with van der Waals surface area (Å²) < 4.78 is 3.95. The van der Waals surface area contributed by atoms with E-state index in [1.54, 1.807) is 0 Å². The van der Waals surface area contributed by atoms with Crippen molar-refractivity contribution in [1.29, 1.82) is 0 Å². The molecule has 2 saturated heterocycles. The van der Waals surface area contributed by atoms with Gasteiger partial charge in [-0.1, -0.05) is 24.8 Å². The number of piperazine rings is 2. The van der Waals surface area contributed by atoms with Crippen LogP contribution < -0.4 is 10.6 Å². The van der Waals surface area contributed by atoms with Crippen LogP contribution in [-0.2, 0) is 11.8 Å². The highest BCUT2D eigenvalue weighted by molar-refractivity contribution is 7.99. The molecule has 2 aromatic carbocycles. The molecule has 10 nitrogen and oxygen atoms in total. The number of para-hydroxylation sites is 1. The van der Waals surface area contributed by atoms with Crippen molar-refractivity contribution in [3.8, 4) is 11.1 Å². The quantitative estimate of drug-likeness (QED) is 0.310. The molecule has 5 heterocycles. The van der Waals surface area contributed by atoms with Gasteiger partial charge < -0.3 is 14.7 Å². The number of likely N-dealkylation sites (N-methyl/N-ethyl adjacent to an activating group) is 1. The van der Waals surface area contributed by atoms with Gasteiger partial charge in [0.1, 0.15) is 5.82 Å². The first-order valence-electron chi connectivity index (χ1n) is 15.9. The Balaban J connectivity index is 1.43. The average Bonchev–Trinajstić information content (AvgIpc) is 3.41. The summed E-state index contributed by atoms with van der Waals surface area (Å²) in [6.07, 6.45) is 3.30. The molecule has 0 saturated carbocycles. The molecule has 3 aliphatic heterocycles. The Hall–Kier alpha value is -3.67. The van der Waals surface area contributed by atoms with E-state index in [0.29, 0.717) is 18.9 Å². The number of carbonyl (C=O) groups is 1. The summed E-state index contributed by atoms with van der Waals surface area (Å²) in [6.45, 7) is 16.1. The first-order chi connectivity index (χ1) is 21.7. The van der Waals surface area contributed by atoms with E-state index in [9.17, 15) is 9.59 Å². The van der Waals surface area contributed by atoms with Crippen LogP contribution in [0.4, 0.5) is 5.82 Å². The Kier molecular flexibility index (Phi) is 7.74. The van der Waals surface area contributed by atoms with Crippen LogP contribution in [0.5, 0.6) is 0 Å². The summed E-state index contributed by atoms with van der Waals surface area (Å²) in [5, 5.41) is 6.66. The Morgan fingerprint density at radius 3 is 2.62 bits per heavy atom. The van der Waals surface area contributed by atoms with Crippen LogP contribution in [0, 0.1) is 6.92 Å². The van der Waals surface area contributed by atoms with Gasteiger partial charge in [-0.05, 0) is 45.5 Å². The molecule has 2 fully saturated rings. The van der Waals surface area contributed by atoms with E-state index in [1.807, 2.05) is 39.2 Å². The van der Waals surface area contributed by atoms with Gasteiger partial charge in [0.25, 0.3) is 0 Å². The number of fused-ring (bicyclic) bond motifs is 1. The number of carbonyl (C=O) groups excluding carboxylic acids is 1. The molecule has 236 valence electrons. The van der Waals surface area contributed by atoms with Crippen molar-refractivity contribution in [1.82, 2.24) is 34.0 Å². The molecular formula is C34H42N8O2S. The average molecular weight is 627 g/mol. The zero-order valence-electron chi connectivity index (χ0n) is 26.9. The molecule has 1 unspecified atom stereocenters. The lowest BCUT2D eigenvalue weighted by molar-refractivity contribution is -0.128. The number of anilines is 1. The van der Waals surface area contributed by atoms with Crippen LogP contribution in [0.3, 0.4) is 0 Å². The molecule has 2 aromatic heterocycles. The predicted octanol–water partition coefficient (Wildman–Crippen LogP) is 3.76. The summed E-state index contributed by atoms with van der Waals surface area (Å²) >= 11 is 1.87. The van der Waals surface area contributed by atoms with Gasteiger partial charge >= 0.3 is 5.69 Å². The SMILES string of the molecule is C=CC(=O)N1C[C@H](C)N(c2nc(=O)n3c4c(c(-c5cccc6cnn(C)c56)c(C)cc24)SCC3CN2CCN(C)CC2)C[C@H]1C. The monoisotopic (exact) mass is 626 g/mol. The second-order valence-electron chi connectivity index (χ2n) is 13.0. The highest BCUT2D eigenvalue weighted by Gasteiger charge is 2.36. The van der Waals surface area contributed by atoms with E-state index in [-0.39, 0.29) is 29.7 Å². The fourth-order valence-electron chi connectivity index (χ4n) is 7.52. The molecule has 11 heteroatoms. The van der Waals surface area contributed by atoms with Crippen molar-refractivity contribution in [2.75, 3.05) is 63.5 Å². The molecule has 3 aliphatic rings. The topological polar surface area (TPSA) is 82.7 Å². The zero-order valence-corrected chi connectivity index (χ0v) is 27.7. The number of hydrogen-bond donors (Lipinski definition) is 0. The molecule has 0 aliphatic carbocycles. The number of benzene rings is 2. The lowest BCUT2D eigenvalue weighted by Crippen LogP contribution is -2.58. The van der Waals surface area contributed by atoms with E-state index >= 15 is 0 Å². The van der Waals surface area contributed by atoms with Gasteiger partial charge in [-0.25, -0.2) is 4.79 Å². The number of aromatic nitrogens is 4. The normalized spacial score (nSPS) is 22.8. The Morgan fingerprint density at radius 2 is 1.87 bits per heavy atom. The second kappa shape index (κ2) is 11.6. The Morgan fingerprint density at radius 1 is 1.09 bits per heavy atom. The van der Waals surface area contributed by atoms with Crippen molar-refractivity contribution in [2.24, 2.45) is 7.05 Å². The summed E-state index contributed by atoms with van der Waals surface area (Å²) in [7, 11) is 4.16. The molecule has 0 spiro atoms. The first kappa shape index (κ1) is 30.0. The highest BCUT2D eigenvalue weighted by Crippen LogP contribution is 2.47. The molecule has 0 radical (unpaired) electrons. The maximum atomic E-state index is 14.3. The molecular weight excluding hydrogens is 584 g/mol. The van der Waals surface area contributed by atoms with Crippen molar-refractivity contribution in [3.63, 3.8) is 0 Å². The maximum Gasteiger partial charge on any atom is 0.350 e. The summed E-state index contributed by atoms with van der Waals surface area (Å²) in [5.74, 6) is 1.46. The third kappa shape index (κ3) is 5.05. The first-order valence-corrected chi connectivity index (χ1v) is 16.9. The van der Waals surface area contributed by atoms with Gasteiger partial charge in [0.15, 0.2) is 0 Å². The summed E-state index contributed by atoms with van der Waals surface area (Å²) in [6, 6.07) is 8.57. The molecule has 3 atom stereocenters. The smallest absolute Gasteiger partial charge is 0.349 e. The minimum atomic E-state index is -0.198. The van der Waals surface area contributed by atoms with Crippen LogP contribution in [-0.4, -0.2) is 111 Å². The number of hydrogen-bond acceptors (Lipinski definition) is 8. The van der Waals surface area contributed by atoms with E-state index in [4.69, 9.17) is 4.98 Å². The largest absolute Gasteiger partial charge is 0.350 e. The van der Waals surface area contributed by atoms with E-state index in [2.05, 4.69) is 78.5 Å². The summed E-state index contributed by atoms with van der Waals surface area (Å²) in [5.41, 5.74) is 5.30. The van der Waals surface area contributed by atoms with E-state index < -0.39 is 0 Å².